The zero-order valence-electron chi connectivity index (χ0n) is 14.8. The number of aliphatic imine (C=N–C) groups is 1. The second kappa shape index (κ2) is 11.1. The monoisotopic (exact) mass is 437 g/mol. The molecule has 13 heteroatoms. The first-order valence-corrected chi connectivity index (χ1v) is 9.03. The van der Waals surface area contributed by atoms with Crippen LogP contribution in [-0.4, -0.2) is 65.9 Å². The first-order chi connectivity index (χ1) is 13.4. The van der Waals surface area contributed by atoms with Crippen LogP contribution in [0.25, 0.3) is 0 Å². The fraction of sp³-hybridized carbons (Fsp3) is 0.467. The zero-order valence-corrected chi connectivity index (χ0v) is 16.3. The van der Waals surface area contributed by atoms with Crippen molar-refractivity contribution in [1.29, 1.82) is 0 Å². The Labute approximate surface area is 171 Å². The minimum absolute atomic E-state index is 0.0675. The maximum atomic E-state index is 11.6. The van der Waals surface area contributed by atoms with Crippen LogP contribution in [0.5, 0.6) is 0 Å². The number of unbranched alkanes of at least 4 members (excludes halogenated alkanes) is 1. The van der Waals surface area contributed by atoms with Crippen molar-refractivity contribution in [3.05, 3.63) is 22.2 Å². The van der Waals surface area contributed by atoms with E-state index in [9.17, 15) is 4.79 Å². The lowest BCUT2D eigenvalue weighted by Gasteiger charge is -2.21. The number of nitrogen functional groups attached to an aromatic ring is 1. The van der Waals surface area contributed by atoms with E-state index in [1.165, 1.54) is 0 Å². The van der Waals surface area contributed by atoms with Crippen LogP contribution in [0.1, 0.15) is 12.8 Å². The molecule has 0 spiro atoms. The Morgan fingerprint density at radius 3 is 2.61 bits per heavy atom. The number of benzene rings is 1. The number of anilines is 2. The van der Waals surface area contributed by atoms with Crippen LogP contribution in [0, 0.1) is 0 Å². The number of nitrogens with two attached hydrogens (primary N) is 1. The van der Waals surface area contributed by atoms with E-state index >= 15 is 0 Å². The number of hydrogen-bond donors (Lipinski definition) is 4. The van der Waals surface area contributed by atoms with Gasteiger partial charge in [0.25, 0.3) is 0 Å². The molecule has 1 aliphatic heterocycles. The Balaban J connectivity index is 1.73. The highest BCUT2D eigenvalue weighted by molar-refractivity contribution is 6.40. The van der Waals surface area contributed by atoms with Crippen molar-refractivity contribution < 1.29 is 29.5 Å². The van der Waals surface area contributed by atoms with E-state index in [2.05, 4.69) is 15.1 Å². The summed E-state index contributed by atoms with van der Waals surface area (Å²) in [7, 11) is 0. The summed E-state index contributed by atoms with van der Waals surface area (Å²) in [6, 6.07) is 3.13. The molecule has 1 aromatic rings. The summed E-state index contributed by atoms with van der Waals surface area (Å²) in [6.07, 6.45) is 0.0947. The Hall–Kier alpha value is -2.02. The van der Waals surface area contributed by atoms with Crippen molar-refractivity contribution in [2.45, 2.75) is 12.8 Å². The predicted molar refractivity (Wildman–Crippen MR) is 101 cm³/mol. The van der Waals surface area contributed by atoms with E-state index in [-0.39, 0.29) is 25.3 Å². The van der Waals surface area contributed by atoms with Gasteiger partial charge in [0.1, 0.15) is 0 Å². The van der Waals surface area contributed by atoms with Gasteiger partial charge in [-0.25, -0.2) is 4.79 Å². The van der Waals surface area contributed by atoms with Gasteiger partial charge in [0, 0.05) is 12.2 Å². The van der Waals surface area contributed by atoms with E-state index in [1.807, 2.05) is 0 Å². The number of nitrogens with one attached hydrogen (secondary N) is 1. The van der Waals surface area contributed by atoms with Crippen molar-refractivity contribution in [2.24, 2.45) is 4.99 Å². The molecule has 0 aliphatic carbocycles. The van der Waals surface area contributed by atoms with E-state index in [4.69, 9.17) is 48.8 Å². The number of guanidine groups is 1. The number of carbonyl (C=O) groups excluding carboxylic acids is 1. The number of nitrogens with zero attached hydrogens (tertiary/aromatic N) is 3. The van der Waals surface area contributed by atoms with Gasteiger partial charge in [-0.2, -0.15) is 0 Å². The average Bonchev–Trinajstić information content (AvgIpc) is 3.06. The van der Waals surface area contributed by atoms with Gasteiger partial charge in [0.05, 0.1) is 40.9 Å². The molecule has 1 aromatic carbocycles. The van der Waals surface area contributed by atoms with Crippen LogP contribution in [-0.2, 0) is 14.3 Å². The SMILES string of the molecule is Nc1cc(Cl)c(NC2=NCCN2COC(=O)OCCCCON(O)O)c(Cl)c1. The third-order valence-electron chi connectivity index (χ3n) is 3.54. The molecule has 0 bridgehead atoms. The number of halogens is 2. The van der Waals surface area contributed by atoms with E-state index in [0.717, 1.165) is 0 Å². The highest BCUT2D eigenvalue weighted by Crippen LogP contribution is 2.33. The summed E-state index contributed by atoms with van der Waals surface area (Å²) in [5, 5.41) is 20.0. The summed E-state index contributed by atoms with van der Waals surface area (Å²) in [5.41, 5.74) is 6.58. The van der Waals surface area contributed by atoms with Crippen molar-refractivity contribution >= 4 is 46.7 Å². The summed E-state index contributed by atoms with van der Waals surface area (Å²) in [6.45, 7) is 1.16. The molecule has 1 aliphatic rings. The first-order valence-electron chi connectivity index (χ1n) is 8.28. The standard InChI is InChI=1S/C15H21Cl2N5O6/c16-11-7-10(18)8-12(17)13(11)20-14-19-3-4-21(14)9-27-15(23)26-5-1-2-6-28-22(24)25/h7-8,24-25H,1-6,9,18H2,(H,19,20). The molecule has 0 saturated carbocycles. The number of rotatable bonds is 9. The molecule has 0 aromatic heterocycles. The molecule has 0 saturated heterocycles. The van der Waals surface area contributed by atoms with Gasteiger partial charge in [0.15, 0.2) is 6.73 Å². The molecule has 2 rings (SSSR count). The van der Waals surface area contributed by atoms with Gasteiger partial charge in [0.2, 0.25) is 5.96 Å². The quantitative estimate of drug-likeness (QED) is 0.197. The Morgan fingerprint density at radius 1 is 1.25 bits per heavy atom. The maximum Gasteiger partial charge on any atom is 0.510 e. The smallest absolute Gasteiger partial charge is 0.434 e. The molecular weight excluding hydrogens is 417 g/mol. The first kappa shape index (κ1) is 22.3. The normalized spacial score (nSPS) is 13.6. The summed E-state index contributed by atoms with van der Waals surface area (Å²) >= 11 is 12.3. The minimum Gasteiger partial charge on any atom is -0.434 e. The van der Waals surface area contributed by atoms with Gasteiger partial charge in [-0.3, -0.25) is 20.2 Å². The molecule has 0 amide bonds. The number of ether oxygens (including phenoxy) is 2. The molecule has 11 nitrogen and oxygen atoms in total. The summed E-state index contributed by atoms with van der Waals surface area (Å²) < 4.78 is 9.97. The number of hydrogen-bond acceptors (Lipinski definition) is 11. The highest BCUT2D eigenvalue weighted by Gasteiger charge is 2.21. The van der Waals surface area contributed by atoms with Crippen molar-refractivity contribution in [2.75, 3.05) is 44.1 Å². The lowest BCUT2D eigenvalue weighted by molar-refractivity contribution is -0.492. The fourth-order valence-corrected chi connectivity index (χ4v) is 2.83. The molecular formula is C15H21Cl2N5O6. The molecule has 0 unspecified atom stereocenters. The zero-order chi connectivity index (χ0) is 20.5. The summed E-state index contributed by atoms with van der Waals surface area (Å²) in [5.74, 6) is 0.455. The molecule has 0 radical (unpaired) electrons. The maximum absolute atomic E-state index is 11.6. The van der Waals surface area contributed by atoms with Crippen LogP contribution >= 0.6 is 23.2 Å². The van der Waals surface area contributed by atoms with Crippen LogP contribution in [0.4, 0.5) is 16.2 Å². The van der Waals surface area contributed by atoms with E-state index in [1.54, 1.807) is 17.0 Å². The minimum atomic E-state index is -0.832. The Kier molecular flexibility index (Phi) is 8.83. The van der Waals surface area contributed by atoms with Gasteiger partial charge in [-0.15, -0.1) is 0 Å². The van der Waals surface area contributed by atoms with Crippen molar-refractivity contribution in [3.8, 4) is 0 Å². The van der Waals surface area contributed by atoms with E-state index in [0.29, 0.717) is 53.3 Å². The van der Waals surface area contributed by atoms with Gasteiger partial charge >= 0.3 is 6.16 Å². The largest absolute Gasteiger partial charge is 0.510 e. The molecule has 0 atom stereocenters. The average molecular weight is 438 g/mol. The Bertz CT molecular complexity index is 682. The molecule has 28 heavy (non-hydrogen) atoms. The molecule has 0 fully saturated rings. The predicted octanol–water partition coefficient (Wildman–Crippen LogP) is 2.56. The topological polar surface area (TPSA) is 142 Å². The van der Waals surface area contributed by atoms with Gasteiger partial charge in [-0.05, 0) is 25.0 Å². The summed E-state index contributed by atoms with van der Waals surface area (Å²) in [4.78, 5) is 22.0. The third kappa shape index (κ3) is 7.19. The lowest BCUT2D eigenvalue weighted by atomic mass is 10.3. The van der Waals surface area contributed by atoms with E-state index < -0.39 is 6.16 Å². The Morgan fingerprint density at radius 2 is 1.93 bits per heavy atom. The third-order valence-corrected chi connectivity index (χ3v) is 4.13. The fourth-order valence-electron chi connectivity index (χ4n) is 2.23. The molecule has 156 valence electrons. The second-order valence-corrected chi connectivity index (χ2v) is 6.43. The molecule has 1 heterocycles. The number of carbonyl (C=O) groups is 1. The highest BCUT2D eigenvalue weighted by atomic mass is 35.5. The lowest BCUT2D eigenvalue weighted by Crippen LogP contribution is -2.36. The second-order valence-electron chi connectivity index (χ2n) is 5.62. The van der Waals surface area contributed by atoms with Crippen LogP contribution in [0.3, 0.4) is 0 Å². The van der Waals surface area contributed by atoms with Crippen molar-refractivity contribution in [1.82, 2.24) is 10.3 Å². The van der Waals surface area contributed by atoms with Gasteiger partial charge in [-0.1, -0.05) is 23.2 Å². The van der Waals surface area contributed by atoms with Crippen LogP contribution in [0.2, 0.25) is 10.0 Å². The van der Waals surface area contributed by atoms with Crippen LogP contribution < -0.4 is 11.1 Å². The van der Waals surface area contributed by atoms with Gasteiger partial charge < -0.3 is 25.4 Å². The van der Waals surface area contributed by atoms with Crippen LogP contribution in [0.15, 0.2) is 17.1 Å². The molecule has 5 N–H and O–H groups in total. The van der Waals surface area contributed by atoms with Crippen molar-refractivity contribution in [3.63, 3.8) is 0 Å².